The Bertz CT molecular complexity index is 1350. The molecule has 1 saturated heterocycles. The normalized spacial score (nSPS) is 18.4. The summed E-state index contributed by atoms with van der Waals surface area (Å²) in [7, 11) is 4.23. The van der Waals surface area contributed by atoms with Gasteiger partial charge in [-0.05, 0) is 59.9 Å². The molecular weight excluding hydrogens is 520 g/mol. The summed E-state index contributed by atoms with van der Waals surface area (Å²) >= 11 is 0. The third-order valence-electron chi connectivity index (χ3n) is 7.35. The number of carbonyl (C=O) groups excluding carboxylic acids is 1. The Labute approximate surface area is 232 Å². The Balaban J connectivity index is 1.63. The highest BCUT2D eigenvalue weighted by Gasteiger charge is 2.37. The number of ether oxygens (including phenoxy) is 4. The fourth-order valence-corrected chi connectivity index (χ4v) is 5.13. The van der Waals surface area contributed by atoms with Crippen molar-refractivity contribution in [1.82, 2.24) is 0 Å². The number of hydrogen-bond donors (Lipinski definition) is 5. The van der Waals surface area contributed by atoms with E-state index >= 15 is 0 Å². The summed E-state index contributed by atoms with van der Waals surface area (Å²) in [4.78, 5) is 12.9. The minimum absolute atomic E-state index is 0.0151. The highest BCUT2D eigenvalue weighted by atomic mass is 16.5. The minimum atomic E-state index is -1.26. The Morgan fingerprint density at radius 1 is 0.850 bits per heavy atom. The number of aromatic hydroxyl groups is 3. The summed E-state index contributed by atoms with van der Waals surface area (Å²) in [5.74, 6) is -1.24. The summed E-state index contributed by atoms with van der Waals surface area (Å²) in [6.07, 6.45) is -1.02. The zero-order chi connectivity index (χ0) is 29.0. The van der Waals surface area contributed by atoms with Crippen LogP contribution in [0.1, 0.15) is 34.3 Å². The Morgan fingerprint density at radius 2 is 1.48 bits per heavy atom. The van der Waals surface area contributed by atoms with E-state index in [2.05, 4.69) is 0 Å². The molecule has 214 valence electrons. The van der Waals surface area contributed by atoms with E-state index in [9.17, 15) is 30.3 Å². The summed E-state index contributed by atoms with van der Waals surface area (Å²) in [5.41, 5.74) is 2.08. The first kappa shape index (κ1) is 29.0. The fraction of sp³-hybridized carbons (Fsp3) is 0.367. The number of benzene rings is 3. The molecule has 0 aliphatic carbocycles. The topological polar surface area (TPSA) is 155 Å². The molecule has 0 bridgehead atoms. The van der Waals surface area contributed by atoms with E-state index < -0.39 is 30.7 Å². The quantitative estimate of drug-likeness (QED) is 0.239. The molecule has 1 heterocycles. The van der Waals surface area contributed by atoms with E-state index in [1.165, 1.54) is 45.6 Å². The van der Waals surface area contributed by atoms with Crippen LogP contribution in [0.4, 0.5) is 0 Å². The molecule has 1 fully saturated rings. The number of aliphatic hydroxyl groups excluding tert-OH is 2. The van der Waals surface area contributed by atoms with Crippen LogP contribution in [0.25, 0.3) is 0 Å². The standard InChI is InChI=1S/C30H34O10/c1-37-26-11-16(4-6-22(26)32)10-25-20(24(34)15-40-25)9-17-8-19(30(36)28(12-17)39-3)21(14-31)29(35)18-5-7-23(33)27(13-18)38-2/h4-8,11-13,20-21,25,29,31-33,35-36H,9-10,14-15H2,1-3H3. The average Bonchev–Trinajstić information content (AvgIpc) is 3.29. The molecule has 0 spiro atoms. The first-order chi connectivity index (χ1) is 19.2. The van der Waals surface area contributed by atoms with Crippen molar-refractivity contribution in [2.75, 3.05) is 34.5 Å². The SMILES string of the molecule is COc1cc(CC2OCC(=O)C2Cc2cc(OC)c(O)c(C(CO)C(O)c3ccc(O)c(OC)c3)c2)ccc1O. The van der Waals surface area contributed by atoms with E-state index in [-0.39, 0.29) is 53.1 Å². The number of phenolic OH excluding ortho intramolecular Hbond substituents is 3. The molecule has 4 atom stereocenters. The predicted octanol–water partition coefficient (Wildman–Crippen LogP) is 3.01. The molecule has 10 heteroatoms. The molecule has 0 radical (unpaired) electrons. The van der Waals surface area contributed by atoms with Crippen LogP contribution in [-0.4, -0.2) is 72.0 Å². The maximum Gasteiger partial charge on any atom is 0.164 e. The van der Waals surface area contributed by atoms with Crippen molar-refractivity contribution in [1.29, 1.82) is 0 Å². The van der Waals surface area contributed by atoms with Gasteiger partial charge in [0.05, 0.1) is 46.1 Å². The second-order valence-electron chi connectivity index (χ2n) is 9.74. The van der Waals surface area contributed by atoms with Gasteiger partial charge >= 0.3 is 0 Å². The van der Waals surface area contributed by atoms with Crippen LogP contribution in [0.2, 0.25) is 0 Å². The molecule has 3 aromatic rings. The third-order valence-corrected chi connectivity index (χ3v) is 7.35. The monoisotopic (exact) mass is 554 g/mol. The summed E-state index contributed by atoms with van der Waals surface area (Å²) in [5, 5.41) is 52.2. The Kier molecular flexibility index (Phi) is 9.03. The van der Waals surface area contributed by atoms with Crippen molar-refractivity contribution < 1.29 is 49.3 Å². The number of Topliss-reactive ketones (excluding diaryl/α,β-unsaturated/α-hetero) is 1. The molecule has 40 heavy (non-hydrogen) atoms. The van der Waals surface area contributed by atoms with Gasteiger partial charge in [0.1, 0.15) is 6.61 Å². The molecule has 4 rings (SSSR count). The largest absolute Gasteiger partial charge is 0.504 e. The van der Waals surface area contributed by atoms with Gasteiger partial charge in [-0.25, -0.2) is 0 Å². The lowest BCUT2D eigenvalue weighted by Crippen LogP contribution is -2.25. The molecule has 4 unspecified atom stereocenters. The summed E-state index contributed by atoms with van der Waals surface area (Å²) in [6, 6.07) is 12.6. The van der Waals surface area contributed by atoms with Gasteiger partial charge in [-0.3, -0.25) is 4.79 Å². The van der Waals surface area contributed by atoms with Gasteiger partial charge in [-0.15, -0.1) is 0 Å². The first-order valence-corrected chi connectivity index (χ1v) is 12.8. The maximum atomic E-state index is 12.9. The lowest BCUT2D eigenvalue weighted by Gasteiger charge is -2.25. The maximum absolute atomic E-state index is 12.9. The zero-order valence-electron chi connectivity index (χ0n) is 22.5. The van der Waals surface area contributed by atoms with Gasteiger partial charge in [0.25, 0.3) is 0 Å². The van der Waals surface area contributed by atoms with Gasteiger partial charge in [0.2, 0.25) is 0 Å². The predicted molar refractivity (Wildman–Crippen MR) is 144 cm³/mol. The Hall–Kier alpha value is -3.99. The van der Waals surface area contributed by atoms with Crippen molar-refractivity contribution in [3.05, 3.63) is 70.8 Å². The molecule has 0 aromatic heterocycles. The molecule has 0 saturated carbocycles. The first-order valence-electron chi connectivity index (χ1n) is 12.8. The number of phenols is 3. The van der Waals surface area contributed by atoms with Crippen molar-refractivity contribution >= 4 is 5.78 Å². The number of rotatable bonds is 11. The number of carbonyl (C=O) groups is 1. The average molecular weight is 555 g/mol. The lowest BCUT2D eigenvalue weighted by atomic mass is 9.85. The van der Waals surface area contributed by atoms with Crippen LogP contribution >= 0.6 is 0 Å². The molecule has 10 nitrogen and oxygen atoms in total. The van der Waals surface area contributed by atoms with Crippen LogP contribution < -0.4 is 14.2 Å². The van der Waals surface area contributed by atoms with Crippen LogP contribution in [0.15, 0.2) is 48.5 Å². The van der Waals surface area contributed by atoms with E-state index in [0.717, 1.165) is 5.56 Å². The van der Waals surface area contributed by atoms with E-state index in [0.29, 0.717) is 23.3 Å². The molecule has 1 aliphatic rings. The molecule has 0 amide bonds. The highest BCUT2D eigenvalue weighted by Crippen LogP contribution is 2.43. The van der Waals surface area contributed by atoms with Gasteiger partial charge < -0.3 is 44.5 Å². The smallest absolute Gasteiger partial charge is 0.164 e. The van der Waals surface area contributed by atoms with Crippen molar-refractivity contribution in [3.8, 4) is 34.5 Å². The molecular formula is C30H34O10. The van der Waals surface area contributed by atoms with Crippen LogP contribution in [0.5, 0.6) is 34.5 Å². The number of hydrogen-bond acceptors (Lipinski definition) is 10. The lowest BCUT2D eigenvalue weighted by molar-refractivity contribution is -0.120. The molecule has 1 aliphatic heterocycles. The van der Waals surface area contributed by atoms with E-state index in [4.69, 9.17) is 18.9 Å². The van der Waals surface area contributed by atoms with Crippen molar-refractivity contribution in [2.45, 2.75) is 31.0 Å². The van der Waals surface area contributed by atoms with Gasteiger partial charge in [-0.2, -0.15) is 0 Å². The molecule has 3 aromatic carbocycles. The van der Waals surface area contributed by atoms with Gasteiger partial charge in [0.15, 0.2) is 40.3 Å². The zero-order valence-corrected chi connectivity index (χ0v) is 22.5. The Morgan fingerprint density at radius 3 is 2.12 bits per heavy atom. The second-order valence-corrected chi connectivity index (χ2v) is 9.74. The third kappa shape index (κ3) is 5.94. The van der Waals surface area contributed by atoms with Crippen LogP contribution in [-0.2, 0) is 22.4 Å². The number of methoxy groups -OCH3 is 3. The van der Waals surface area contributed by atoms with Crippen LogP contribution in [0, 0.1) is 5.92 Å². The number of aliphatic hydroxyl groups is 2. The molecule has 5 N–H and O–H groups in total. The van der Waals surface area contributed by atoms with E-state index in [1.807, 2.05) is 0 Å². The van der Waals surface area contributed by atoms with E-state index in [1.54, 1.807) is 24.3 Å². The van der Waals surface area contributed by atoms with Crippen LogP contribution in [0.3, 0.4) is 0 Å². The minimum Gasteiger partial charge on any atom is -0.504 e. The van der Waals surface area contributed by atoms with Crippen molar-refractivity contribution in [3.63, 3.8) is 0 Å². The second kappa shape index (κ2) is 12.5. The summed E-state index contributed by atoms with van der Waals surface area (Å²) in [6.45, 7) is -0.547. The number of ketones is 1. The van der Waals surface area contributed by atoms with Gasteiger partial charge in [0, 0.05) is 11.5 Å². The summed E-state index contributed by atoms with van der Waals surface area (Å²) < 4.78 is 21.5. The van der Waals surface area contributed by atoms with Gasteiger partial charge in [-0.1, -0.05) is 18.2 Å². The van der Waals surface area contributed by atoms with Crippen molar-refractivity contribution in [2.24, 2.45) is 5.92 Å². The fourth-order valence-electron chi connectivity index (χ4n) is 5.13. The highest BCUT2D eigenvalue weighted by molar-refractivity contribution is 5.85.